The first-order chi connectivity index (χ1) is 12.8. The summed E-state index contributed by atoms with van der Waals surface area (Å²) in [6.07, 6.45) is 6.14. The van der Waals surface area contributed by atoms with Crippen LogP contribution in [0.3, 0.4) is 0 Å². The van der Waals surface area contributed by atoms with Crippen LogP contribution in [-0.4, -0.2) is 13.3 Å². The second-order valence-electron chi connectivity index (χ2n) is 11.2. The molecule has 1 amide bonds. The number of nitrogens with one attached hydrogen (secondary N) is 1. The first-order valence-electron chi connectivity index (χ1n) is 10.5. The maximum atomic E-state index is 13.3. The molecule has 2 aromatic carbocycles. The van der Waals surface area contributed by atoms with E-state index >= 15 is 0 Å². The SMILES string of the molecule is [CH3][Zr]([CH3])([SiH3])([Cl])([Cl])([NH]C(=O)C1CCCCC1)[c]1cccc2c1Cc1ccccc1-2. The molecule has 1 N–H and O–H groups in total. The number of fused-ring (bicyclic) bond motifs is 3. The Bertz CT molecular complexity index is 1000. The molecule has 1 saturated carbocycles. The summed E-state index contributed by atoms with van der Waals surface area (Å²) in [5, 5.41) is 0. The number of rotatable bonds is 3. The Morgan fingerprint density at radius 3 is 2.36 bits per heavy atom. The van der Waals surface area contributed by atoms with Gasteiger partial charge >= 0.3 is 173 Å². The van der Waals surface area contributed by atoms with Crippen molar-refractivity contribution >= 4 is 33.6 Å². The summed E-state index contributed by atoms with van der Waals surface area (Å²) >= 11 is -5.65. The van der Waals surface area contributed by atoms with Crippen LogP contribution in [0.2, 0.25) is 9.26 Å². The van der Waals surface area contributed by atoms with Gasteiger partial charge in [-0.25, -0.2) is 0 Å². The molecule has 0 unspecified atom stereocenters. The monoisotopic (exact) mass is 512 g/mol. The van der Waals surface area contributed by atoms with Gasteiger partial charge in [0.05, 0.1) is 0 Å². The molecule has 2 aromatic rings. The summed E-state index contributed by atoms with van der Waals surface area (Å²) in [6, 6.07) is 14.7. The Labute approximate surface area is 171 Å². The van der Waals surface area contributed by atoms with Crippen molar-refractivity contribution in [2.24, 2.45) is 5.92 Å². The normalized spacial score (nSPS) is 20.9. The van der Waals surface area contributed by atoms with Crippen LogP contribution in [0.15, 0.2) is 42.5 Å². The fourth-order valence-electron chi connectivity index (χ4n) is 5.21. The molecule has 6 heteroatoms. The molecular weight excluding hydrogens is 484 g/mol. The van der Waals surface area contributed by atoms with Crippen LogP contribution in [0.4, 0.5) is 0 Å². The Hall–Kier alpha value is -0.410. The number of hydrogen-bond acceptors (Lipinski definition) is 1. The third kappa shape index (κ3) is 3.71. The molecule has 2 aliphatic carbocycles. The average molecular weight is 515 g/mol. The molecule has 0 spiro atoms. The Balaban J connectivity index is 1.83. The molecule has 151 valence electrons. The van der Waals surface area contributed by atoms with Crippen LogP contribution in [0, 0.1) is 5.92 Å². The van der Waals surface area contributed by atoms with Crippen molar-refractivity contribution < 1.29 is 17.7 Å². The van der Waals surface area contributed by atoms with Gasteiger partial charge < -0.3 is 0 Å². The first-order valence-corrected chi connectivity index (χ1v) is 32.5. The summed E-state index contributed by atoms with van der Waals surface area (Å²) in [4.78, 5) is 13.3. The van der Waals surface area contributed by atoms with Gasteiger partial charge in [0.25, 0.3) is 0 Å². The van der Waals surface area contributed by atoms with E-state index in [1.807, 2.05) is 15.3 Å². The van der Waals surface area contributed by atoms with E-state index in [-0.39, 0.29) is 11.8 Å². The van der Waals surface area contributed by atoms with Gasteiger partial charge in [-0.2, -0.15) is 0 Å². The molecule has 2 nitrogen and oxygen atoms in total. The second kappa shape index (κ2) is 5.63. The fourth-order valence-corrected chi connectivity index (χ4v) is 21.7. The third-order valence-corrected chi connectivity index (χ3v) is 24.8. The van der Waals surface area contributed by atoms with E-state index in [0.717, 1.165) is 35.4 Å². The van der Waals surface area contributed by atoms with Crippen LogP contribution < -0.4 is 6.53 Å². The van der Waals surface area contributed by atoms with E-state index in [9.17, 15) is 4.79 Å². The van der Waals surface area contributed by atoms with Gasteiger partial charge in [0.2, 0.25) is 0 Å². The molecule has 0 saturated heterocycles. The predicted molar refractivity (Wildman–Crippen MR) is 122 cm³/mol. The zero-order valence-corrected chi connectivity index (χ0v) is 23.0. The Morgan fingerprint density at radius 1 is 1.00 bits per heavy atom. The standard InChI is InChI=1S/C13H9.C7H13NO.2CH3.2ClH.H3Si.Zr/c1-3-7-12-10(5-1)9-11-6-2-4-8-13(11)12;8-7(9)6-4-2-1-3-5-6;;;;;;/h1-5,7-8H,9H2;6H,1-5H2,(H2,8,9);2*1H3;2*1H;1H3;/q;;;;;;;+3/p-3. The predicted octanol–water partition coefficient (Wildman–Crippen LogP) is 4.94. The van der Waals surface area contributed by atoms with E-state index in [1.165, 1.54) is 28.7 Å². The molecule has 1 fully saturated rings. The van der Waals surface area contributed by atoms with E-state index in [4.69, 9.17) is 17.0 Å². The minimum atomic E-state index is -5.65. The molecule has 0 heterocycles. The molecular formula is C22H30Cl2NOSiZr. The molecule has 2 aliphatic rings. The number of carbonyl (C=O) groups is 1. The van der Waals surface area contributed by atoms with E-state index in [2.05, 4.69) is 39.7 Å². The van der Waals surface area contributed by atoms with Crippen molar-refractivity contribution in [2.75, 3.05) is 0 Å². The zero-order valence-electron chi connectivity index (χ0n) is 17.0. The van der Waals surface area contributed by atoms with Gasteiger partial charge in [-0.1, -0.05) is 0 Å². The van der Waals surface area contributed by atoms with Gasteiger partial charge in [-0.3, -0.25) is 0 Å². The number of benzene rings is 2. The van der Waals surface area contributed by atoms with E-state index < -0.39 is 12.9 Å². The van der Waals surface area contributed by atoms with Gasteiger partial charge in [0.15, 0.2) is 0 Å². The van der Waals surface area contributed by atoms with Crippen LogP contribution in [-0.2, 0) is 24.1 Å². The number of amides is 1. The minimum absolute atomic E-state index is 0.0331. The topological polar surface area (TPSA) is 29.1 Å². The number of carbonyl (C=O) groups excluding carboxylic acids is 1. The van der Waals surface area contributed by atoms with Gasteiger partial charge in [-0.05, 0) is 0 Å². The fraction of sp³-hybridized carbons (Fsp3) is 0.409. The zero-order chi connectivity index (χ0) is 20.3. The summed E-state index contributed by atoms with van der Waals surface area (Å²) in [5.41, 5.74) is 4.95. The maximum absolute atomic E-state index is 13.3. The molecule has 28 heavy (non-hydrogen) atoms. The Kier molecular flexibility index (Phi) is 4.20. The number of halogens is 2. The van der Waals surface area contributed by atoms with Crippen LogP contribution >= 0.6 is 17.0 Å². The van der Waals surface area contributed by atoms with Crippen LogP contribution in [0.5, 0.6) is 0 Å². The van der Waals surface area contributed by atoms with E-state index in [1.54, 1.807) is 0 Å². The summed E-state index contributed by atoms with van der Waals surface area (Å²) in [7, 11) is 15.8. The van der Waals surface area contributed by atoms with Crippen molar-refractivity contribution in [3.63, 3.8) is 0 Å². The van der Waals surface area contributed by atoms with Gasteiger partial charge in [0.1, 0.15) is 0 Å². The van der Waals surface area contributed by atoms with Crippen molar-refractivity contribution in [1.82, 2.24) is 3.26 Å². The van der Waals surface area contributed by atoms with Crippen molar-refractivity contribution in [2.45, 2.75) is 47.8 Å². The van der Waals surface area contributed by atoms with Gasteiger partial charge in [-0.15, -0.1) is 0 Å². The molecule has 0 aliphatic heterocycles. The van der Waals surface area contributed by atoms with Gasteiger partial charge in [0, 0.05) is 0 Å². The average Bonchev–Trinajstić information content (AvgIpc) is 2.99. The number of hydrogen-bond donors (Lipinski definition) is 1. The van der Waals surface area contributed by atoms with Crippen LogP contribution in [0.1, 0.15) is 43.2 Å². The molecule has 0 radical (unpaired) electrons. The van der Waals surface area contributed by atoms with Crippen molar-refractivity contribution in [3.8, 4) is 11.1 Å². The quantitative estimate of drug-likeness (QED) is 0.493. The molecule has 0 aromatic heterocycles. The third-order valence-electron chi connectivity index (χ3n) is 6.63. The summed E-state index contributed by atoms with van der Waals surface area (Å²) in [5.74, 6) is 0.0884. The van der Waals surface area contributed by atoms with E-state index in [0.29, 0.717) is 7.37 Å². The second-order valence-corrected chi connectivity index (χ2v) is 88.7. The van der Waals surface area contributed by atoms with Crippen molar-refractivity contribution in [1.29, 1.82) is 0 Å². The van der Waals surface area contributed by atoms with Crippen LogP contribution in [0.25, 0.3) is 11.1 Å². The Morgan fingerprint density at radius 2 is 1.64 bits per heavy atom. The molecule has 4 rings (SSSR count). The first kappa shape index (κ1) is 20.8. The molecule has 0 bridgehead atoms. The van der Waals surface area contributed by atoms with Crippen molar-refractivity contribution in [3.05, 3.63) is 53.6 Å². The summed E-state index contributed by atoms with van der Waals surface area (Å²) in [6.45, 7) is 0. The molecule has 0 atom stereocenters. The summed E-state index contributed by atoms with van der Waals surface area (Å²) < 4.78 is 8.35.